The summed E-state index contributed by atoms with van der Waals surface area (Å²) >= 11 is 1.56. The Morgan fingerprint density at radius 1 is 1.30 bits per heavy atom. The number of anilines is 3. The molecule has 1 fully saturated rings. The van der Waals surface area contributed by atoms with Gasteiger partial charge in [-0.2, -0.15) is 0 Å². The molecular formula is C23H32N8OS. The molecule has 2 aromatic rings. The lowest BCUT2D eigenvalue weighted by atomic mass is 10.2. The average Bonchev–Trinajstić information content (AvgIpc) is 3.15. The van der Waals surface area contributed by atoms with E-state index in [9.17, 15) is 4.79 Å². The van der Waals surface area contributed by atoms with E-state index in [0.717, 1.165) is 59.1 Å². The third-order valence-corrected chi connectivity index (χ3v) is 6.25. The first-order valence-electron chi connectivity index (χ1n) is 11.0. The number of thiazole rings is 1. The van der Waals surface area contributed by atoms with Gasteiger partial charge < -0.3 is 20.4 Å². The second kappa shape index (κ2) is 11.6. The average molecular weight is 469 g/mol. The van der Waals surface area contributed by atoms with Gasteiger partial charge in [-0.3, -0.25) is 14.8 Å². The molecule has 0 aliphatic carbocycles. The number of nitrogens with zero attached hydrogens (tertiary/aromatic N) is 6. The summed E-state index contributed by atoms with van der Waals surface area (Å²) in [7, 11) is 0. The largest absolute Gasteiger partial charge is 0.367 e. The Kier molecular flexibility index (Phi) is 8.53. The van der Waals surface area contributed by atoms with Crippen molar-refractivity contribution in [2.75, 3.05) is 48.4 Å². The van der Waals surface area contributed by atoms with E-state index in [1.165, 1.54) is 0 Å². The molecule has 0 radical (unpaired) electrons. The number of piperazine rings is 1. The Labute approximate surface area is 199 Å². The smallest absolute Gasteiger partial charge is 0.219 e. The molecule has 1 amide bonds. The molecule has 1 aliphatic rings. The summed E-state index contributed by atoms with van der Waals surface area (Å²) in [5.74, 6) is 0.890. The molecule has 10 heteroatoms. The number of rotatable bonds is 9. The number of aryl methyl sites for hydroxylation is 1. The minimum atomic E-state index is 0.133. The highest BCUT2D eigenvalue weighted by molar-refractivity contribution is 7.16. The van der Waals surface area contributed by atoms with Crippen LogP contribution >= 0.6 is 11.3 Å². The molecule has 9 nitrogen and oxygen atoms in total. The lowest BCUT2D eigenvalue weighted by molar-refractivity contribution is -0.129. The first-order valence-corrected chi connectivity index (χ1v) is 11.8. The van der Waals surface area contributed by atoms with E-state index in [4.69, 9.17) is 0 Å². The van der Waals surface area contributed by atoms with E-state index in [2.05, 4.69) is 56.1 Å². The van der Waals surface area contributed by atoms with Crippen LogP contribution in [0.25, 0.3) is 5.70 Å². The highest BCUT2D eigenvalue weighted by Gasteiger charge is 2.18. The Hall–Kier alpha value is -3.27. The van der Waals surface area contributed by atoms with Gasteiger partial charge in [0.25, 0.3) is 0 Å². The number of amides is 1. The highest BCUT2D eigenvalue weighted by Crippen LogP contribution is 2.29. The van der Waals surface area contributed by atoms with Gasteiger partial charge in [-0.25, -0.2) is 9.97 Å². The van der Waals surface area contributed by atoms with Crippen molar-refractivity contribution < 1.29 is 4.79 Å². The number of allylic oxidation sites excluding steroid dienone is 1. The van der Waals surface area contributed by atoms with Crippen molar-refractivity contribution >= 4 is 52.5 Å². The van der Waals surface area contributed by atoms with Gasteiger partial charge in [0.1, 0.15) is 12.5 Å². The molecule has 0 aromatic carbocycles. The number of hydrogen-bond acceptors (Lipinski definition) is 9. The summed E-state index contributed by atoms with van der Waals surface area (Å²) in [6.07, 6.45) is 5.41. The molecule has 33 heavy (non-hydrogen) atoms. The maximum absolute atomic E-state index is 11.5. The van der Waals surface area contributed by atoms with Crippen LogP contribution in [0.2, 0.25) is 0 Å². The van der Waals surface area contributed by atoms with Gasteiger partial charge in [0.05, 0.1) is 28.2 Å². The third kappa shape index (κ3) is 6.85. The normalized spacial score (nSPS) is 14.8. The van der Waals surface area contributed by atoms with Gasteiger partial charge in [0, 0.05) is 45.4 Å². The molecule has 0 unspecified atom stereocenters. The summed E-state index contributed by atoms with van der Waals surface area (Å²) < 4.78 is 0. The minimum absolute atomic E-state index is 0.133. The molecule has 2 aromatic heterocycles. The monoisotopic (exact) mass is 468 g/mol. The molecule has 2 N–H and O–H groups in total. The molecule has 0 atom stereocenters. The van der Waals surface area contributed by atoms with Crippen LogP contribution in [-0.4, -0.2) is 72.6 Å². The van der Waals surface area contributed by atoms with Crippen molar-refractivity contribution in [1.29, 1.82) is 0 Å². The zero-order valence-electron chi connectivity index (χ0n) is 19.7. The number of aliphatic imine (C=N–C) groups is 2. The molecule has 0 saturated carbocycles. The van der Waals surface area contributed by atoms with Crippen molar-refractivity contribution in [2.24, 2.45) is 9.98 Å². The lowest BCUT2D eigenvalue weighted by Crippen LogP contribution is -2.48. The van der Waals surface area contributed by atoms with Gasteiger partial charge in [-0.1, -0.05) is 11.3 Å². The SMILES string of the molecule is C=N/C(=C\C=N/CNc1ccc(N2CCN(C(C)=O)CC2)cn1)c1sc(NC(C)C)nc1C. The first kappa shape index (κ1) is 24.4. The van der Waals surface area contributed by atoms with Crippen LogP contribution < -0.4 is 15.5 Å². The second-order valence-electron chi connectivity index (χ2n) is 8.00. The van der Waals surface area contributed by atoms with Crippen molar-refractivity contribution in [2.45, 2.75) is 33.7 Å². The summed E-state index contributed by atoms with van der Waals surface area (Å²) in [6, 6.07) is 4.30. The van der Waals surface area contributed by atoms with Gasteiger partial charge in [0.15, 0.2) is 5.13 Å². The quantitative estimate of drug-likeness (QED) is 0.547. The Morgan fingerprint density at radius 3 is 2.67 bits per heavy atom. The van der Waals surface area contributed by atoms with E-state index in [1.807, 2.05) is 36.2 Å². The fourth-order valence-corrected chi connectivity index (χ4v) is 4.50. The predicted octanol–water partition coefficient (Wildman–Crippen LogP) is 3.52. The van der Waals surface area contributed by atoms with E-state index < -0.39 is 0 Å². The van der Waals surface area contributed by atoms with Crippen molar-refractivity contribution in [3.05, 3.63) is 35.0 Å². The maximum Gasteiger partial charge on any atom is 0.219 e. The van der Waals surface area contributed by atoms with Crippen LogP contribution in [0, 0.1) is 6.92 Å². The molecule has 3 heterocycles. The molecule has 1 aliphatic heterocycles. The fraction of sp³-hybridized carbons (Fsp3) is 0.435. The maximum atomic E-state index is 11.5. The van der Waals surface area contributed by atoms with Gasteiger partial charge >= 0.3 is 0 Å². The van der Waals surface area contributed by atoms with Crippen molar-refractivity contribution in [3.8, 4) is 0 Å². The topological polar surface area (TPSA) is 98.1 Å². The number of pyridine rings is 1. The molecule has 3 rings (SSSR count). The van der Waals surface area contributed by atoms with Crippen LogP contribution in [-0.2, 0) is 4.79 Å². The Balaban J connectivity index is 1.51. The number of hydrogen-bond donors (Lipinski definition) is 2. The van der Waals surface area contributed by atoms with Crippen molar-refractivity contribution in [1.82, 2.24) is 14.9 Å². The molecule has 1 saturated heterocycles. The van der Waals surface area contributed by atoms with E-state index in [0.29, 0.717) is 12.7 Å². The van der Waals surface area contributed by atoms with Crippen LogP contribution in [0.15, 0.2) is 34.4 Å². The van der Waals surface area contributed by atoms with Gasteiger partial charge in [-0.15, -0.1) is 0 Å². The van der Waals surface area contributed by atoms with Gasteiger partial charge in [0.2, 0.25) is 5.91 Å². The van der Waals surface area contributed by atoms with Crippen LogP contribution in [0.5, 0.6) is 0 Å². The zero-order chi connectivity index (χ0) is 23.8. The highest BCUT2D eigenvalue weighted by atomic mass is 32.1. The second-order valence-corrected chi connectivity index (χ2v) is 9.00. The third-order valence-electron chi connectivity index (χ3n) is 5.14. The summed E-state index contributed by atoms with van der Waals surface area (Å²) in [4.78, 5) is 34.1. The molecular weight excluding hydrogens is 436 g/mol. The number of nitrogens with one attached hydrogen (secondary N) is 2. The summed E-state index contributed by atoms with van der Waals surface area (Å²) in [5, 5.41) is 7.39. The Bertz CT molecular complexity index is 1000. The van der Waals surface area contributed by atoms with Crippen LogP contribution in [0.1, 0.15) is 31.3 Å². The molecule has 176 valence electrons. The van der Waals surface area contributed by atoms with Crippen LogP contribution in [0.4, 0.5) is 16.6 Å². The minimum Gasteiger partial charge on any atom is -0.367 e. The van der Waals surface area contributed by atoms with E-state index >= 15 is 0 Å². The van der Waals surface area contributed by atoms with E-state index in [-0.39, 0.29) is 5.91 Å². The summed E-state index contributed by atoms with van der Waals surface area (Å²) in [6.45, 7) is 15.0. The zero-order valence-corrected chi connectivity index (χ0v) is 20.5. The number of carbonyl (C=O) groups excluding carboxylic acids is 1. The summed E-state index contributed by atoms with van der Waals surface area (Å²) in [5.41, 5.74) is 2.72. The van der Waals surface area contributed by atoms with Gasteiger partial charge in [-0.05, 0) is 45.7 Å². The number of aromatic nitrogens is 2. The van der Waals surface area contributed by atoms with E-state index in [1.54, 1.807) is 24.5 Å². The van der Waals surface area contributed by atoms with Crippen molar-refractivity contribution in [3.63, 3.8) is 0 Å². The fourth-order valence-electron chi connectivity index (χ4n) is 3.40. The molecule has 0 spiro atoms. The van der Waals surface area contributed by atoms with Crippen LogP contribution in [0.3, 0.4) is 0 Å². The predicted molar refractivity (Wildman–Crippen MR) is 139 cm³/mol. The Morgan fingerprint density at radius 2 is 2.06 bits per heavy atom. The lowest BCUT2D eigenvalue weighted by Gasteiger charge is -2.35. The molecule has 0 bridgehead atoms. The number of carbonyl (C=O) groups is 1. The first-order chi connectivity index (χ1) is 15.9. The standard InChI is InChI=1S/C23H32N8OS/c1-16(2)28-23-29-17(3)22(33-23)20(24-5)8-9-25-15-27-21-7-6-19(14-26-21)31-12-10-30(11-13-31)18(4)32/h6-9,14,16H,5,10-13,15H2,1-4H3,(H,26,27)(H,28,29)/b20-8-,25-9-.